The molecular formula is C20H18O6. The van der Waals surface area contributed by atoms with Crippen LogP contribution in [0, 0.1) is 6.92 Å². The Morgan fingerprint density at radius 2 is 1.73 bits per heavy atom. The molecule has 3 aromatic rings. The second kappa shape index (κ2) is 7.41. The second-order valence-corrected chi connectivity index (χ2v) is 5.66. The highest BCUT2D eigenvalue weighted by atomic mass is 16.6. The lowest BCUT2D eigenvalue weighted by Crippen LogP contribution is -2.14. The van der Waals surface area contributed by atoms with E-state index in [2.05, 4.69) is 0 Å². The molecule has 6 nitrogen and oxygen atoms in total. The van der Waals surface area contributed by atoms with Gasteiger partial charge in [0.25, 0.3) is 0 Å². The van der Waals surface area contributed by atoms with Gasteiger partial charge in [0.05, 0.1) is 18.1 Å². The average Bonchev–Trinajstić information content (AvgIpc) is 2.62. The predicted molar refractivity (Wildman–Crippen MR) is 96.7 cm³/mol. The Bertz CT molecular complexity index is 1000. The summed E-state index contributed by atoms with van der Waals surface area (Å²) in [6, 6.07) is 11.9. The molecule has 0 bridgehead atoms. The SMILES string of the molecule is COCC(=O)Oc1ccc2c(=O)c(-c3ccc(OC)cc3)c(C)oc2c1. The number of rotatable bonds is 5. The molecule has 0 unspecified atom stereocenters. The first kappa shape index (κ1) is 17.7. The van der Waals surface area contributed by atoms with Crippen LogP contribution in [0.15, 0.2) is 51.7 Å². The summed E-state index contributed by atoms with van der Waals surface area (Å²) in [6.07, 6.45) is 0. The van der Waals surface area contributed by atoms with E-state index in [1.165, 1.54) is 13.2 Å². The lowest BCUT2D eigenvalue weighted by molar-refractivity contribution is -0.138. The largest absolute Gasteiger partial charge is 0.497 e. The van der Waals surface area contributed by atoms with Crippen molar-refractivity contribution in [3.8, 4) is 22.6 Å². The summed E-state index contributed by atoms with van der Waals surface area (Å²) in [5.41, 5.74) is 1.44. The molecule has 0 radical (unpaired) electrons. The van der Waals surface area contributed by atoms with Crippen molar-refractivity contribution in [2.24, 2.45) is 0 Å². The van der Waals surface area contributed by atoms with Gasteiger partial charge in [0.2, 0.25) is 5.43 Å². The molecule has 0 aliphatic carbocycles. The van der Waals surface area contributed by atoms with Crippen molar-refractivity contribution in [3.05, 3.63) is 58.4 Å². The third-order valence-corrected chi connectivity index (χ3v) is 3.91. The molecule has 0 N–H and O–H groups in total. The Kier molecular flexibility index (Phi) is 5.04. The minimum Gasteiger partial charge on any atom is -0.497 e. The monoisotopic (exact) mass is 354 g/mol. The van der Waals surface area contributed by atoms with Crippen molar-refractivity contribution >= 4 is 16.9 Å². The van der Waals surface area contributed by atoms with E-state index >= 15 is 0 Å². The second-order valence-electron chi connectivity index (χ2n) is 5.66. The zero-order chi connectivity index (χ0) is 18.7. The van der Waals surface area contributed by atoms with Crippen molar-refractivity contribution in [3.63, 3.8) is 0 Å². The molecule has 0 aliphatic heterocycles. The summed E-state index contributed by atoms with van der Waals surface area (Å²) in [7, 11) is 2.99. The molecule has 0 saturated heterocycles. The van der Waals surface area contributed by atoms with Gasteiger partial charge in [0.15, 0.2) is 0 Å². The van der Waals surface area contributed by atoms with Crippen LogP contribution in [-0.4, -0.2) is 26.8 Å². The van der Waals surface area contributed by atoms with E-state index in [9.17, 15) is 9.59 Å². The van der Waals surface area contributed by atoms with Crippen molar-refractivity contribution in [1.29, 1.82) is 0 Å². The number of fused-ring (bicyclic) bond motifs is 1. The zero-order valence-corrected chi connectivity index (χ0v) is 14.7. The predicted octanol–water partition coefficient (Wildman–Crippen LogP) is 3.33. The van der Waals surface area contributed by atoms with Crippen molar-refractivity contribution in [2.45, 2.75) is 6.92 Å². The van der Waals surface area contributed by atoms with Gasteiger partial charge in [0, 0.05) is 13.2 Å². The average molecular weight is 354 g/mol. The fourth-order valence-electron chi connectivity index (χ4n) is 2.72. The smallest absolute Gasteiger partial charge is 0.337 e. The molecule has 2 aromatic carbocycles. The van der Waals surface area contributed by atoms with Crippen LogP contribution in [0.5, 0.6) is 11.5 Å². The zero-order valence-electron chi connectivity index (χ0n) is 14.7. The molecule has 0 spiro atoms. The number of methoxy groups -OCH3 is 2. The Balaban J connectivity index is 2.05. The fourth-order valence-corrected chi connectivity index (χ4v) is 2.72. The summed E-state index contributed by atoms with van der Waals surface area (Å²) >= 11 is 0. The minimum absolute atomic E-state index is 0.149. The molecule has 0 saturated carbocycles. The lowest BCUT2D eigenvalue weighted by atomic mass is 10.0. The first-order valence-corrected chi connectivity index (χ1v) is 7.95. The lowest BCUT2D eigenvalue weighted by Gasteiger charge is -2.09. The maximum absolute atomic E-state index is 12.9. The topological polar surface area (TPSA) is 75.0 Å². The number of carbonyl (C=O) groups is 1. The maximum atomic E-state index is 12.9. The summed E-state index contributed by atoms with van der Waals surface area (Å²) in [6.45, 7) is 1.57. The van der Waals surface area contributed by atoms with Crippen LogP contribution in [0.1, 0.15) is 5.76 Å². The first-order chi connectivity index (χ1) is 12.5. The van der Waals surface area contributed by atoms with Gasteiger partial charge < -0.3 is 18.6 Å². The molecular weight excluding hydrogens is 336 g/mol. The van der Waals surface area contributed by atoms with Gasteiger partial charge in [-0.3, -0.25) is 4.79 Å². The Morgan fingerprint density at radius 1 is 1.04 bits per heavy atom. The van der Waals surface area contributed by atoms with E-state index in [1.54, 1.807) is 38.3 Å². The highest BCUT2D eigenvalue weighted by molar-refractivity contribution is 5.84. The number of aryl methyl sites for hydroxylation is 1. The molecule has 3 rings (SSSR count). The number of benzene rings is 2. The van der Waals surface area contributed by atoms with E-state index in [0.29, 0.717) is 33.8 Å². The van der Waals surface area contributed by atoms with Crippen molar-refractivity contribution in [1.82, 2.24) is 0 Å². The normalized spacial score (nSPS) is 10.7. The summed E-state index contributed by atoms with van der Waals surface area (Å²) < 4.78 is 20.8. The van der Waals surface area contributed by atoms with E-state index in [1.807, 2.05) is 12.1 Å². The van der Waals surface area contributed by atoms with Crippen LogP contribution in [-0.2, 0) is 9.53 Å². The molecule has 6 heteroatoms. The van der Waals surface area contributed by atoms with Crippen LogP contribution in [0.4, 0.5) is 0 Å². The van der Waals surface area contributed by atoms with Gasteiger partial charge in [-0.25, -0.2) is 4.79 Å². The maximum Gasteiger partial charge on any atom is 0.337 e. The molecule has 1 aromatic heterocycles. The van der Waals surface area contributed by atoms with E-state index in [0.717, 1.165) is 5.56 Å². The van der Waals surface area contributed by atoms with Gasteiger partial charge in [-0.15, -0.1) is 0 Å². The van der Waals surface area contributed by atoms with E-state index < -0.39 is 5.97 Å². The van der Waals surface area contributed by atoms with E-state index in [4.69, 9.17) is 18.6 Å². The number of carbonyl (C=O) groups excluding carboxylic acids is 1. The fraction of sp³-hybridized carbons (Fsp3) is 0.200. The van der Waals surface area contributed by atoms with Gasteiger partial charge in [-0.05, 0) is 36.8 Å². The van der Waals surface area contributed by atoms with Gasteiger partial charge in [-0.1, -0.05) is 12.1 Å². The van der Waals surface area contributed by atoms with Gasteiger partial charge >= 0.3 is 5.97 Å². The Labute approximate surface area is 149 Å². The number of hydrogen-bond donors (Lipinski definition) is 0. The molecule has 0 amide bonds. The first-order valence-electron chi connectivity index (χ1n) is 7.95. The Hall–Kier alpha value is -3.12. The molecule has 0 fully saturated rings. The third-order valence-electron chi connectivity index (χ3n) is 3.91. The minimum atomic E-state index is -0.527. The number of hydrogen-bond acceptors (Lipinski definition) is 6. The molecule has 0 atom stereocenters. The van der Waals surface area contributed by atoms with Crippen LogP contribution < -0.4 is 14.9 Å². The summed E-state index contributed by atoms with van der Waals surface area (Å²) in [5, 5.41) is 0.410. The summed E-state index contributed by atoms with van der Waals surface area (Å²) in [4.78, 5) is 24.4. The summed E-state index contributed by atoms with van der Waals surface area (Å²) in [5.74, 6) is 0.951. The number of esters is 1. The highest BCUT2D eigenvalue weighted by Gasteiger charge is 2.15. The van der Waals surface area contributed by atoms with Crippen LogP contribution in [0.25, 0.3) is 22.1 Å². The van der Waals surface area contributed by atoms with Crippen molar-refractivity contribution < 1.29 is 23.4 Å². The van der Waals surface area contributed by atoms with Crippen LogP contribution in [0.3, 0.4) is 0 Å². The molecule has 1 heterocycles. The molecule has 134 valence electrons. The Morgan fingerprint density at radius 3 is 2.38 bits per heavy atom. The van der Waals surface area contributed by atoms with Crippen LogP contribution >= 0.6 is 0 Å². The van der Waals surface area contributed by atoms with E-state index in [-0.39, 0.29) is 12.0 Å². The van der Waals surface area contributed by atoms with Gasteiger partial charge in [0.1, 0.15) is 29.4 Å². The number of ether oxygens (including phenoxy) is 3. The van der Waals surface area contributed by atoms with Crippen molar-refractivity contribution in [2.75, 3.05) is 20.8 Å². The highest BCUT2D eigenvalue weighted by Crippen LogP contribution is 2.27. The van der Waals surface area contributed by atoms with Gasteiger partial charge in [-0.2, -0.15) is 0 Å². The molecule has 26 heavy (non-hydrogen) atoms. The standard InChI is InChI=1S/C20H18O6/c1-12-19(13-4-6-14(24-3)7-5-13)20(22)16-9-8-15(10-17(16)25-12)26-18(21)11-23-2/h4-10H,11H2,1-3H3. The third kappa shape index (κ3) is 3.45. The molecule has 0 aliphatic rings. The van der Waals surface area contributed by atoms with Crippen LogP contribution in [0.2, 0.25) is 0 Å². The quantitative estimate of drug-likeness (QED) is 0.517.